The van der Waals surface area contributed by atoms with Crippen LogP contribution in [0.4, 0.5) is 13.2 Å². The number of nitrogens with zero attached hydrogens (tertiary/aromatic N) is 3. The van der Waals surface area contributed by atoms with Crippen molar-refractivity contribution in [2.75, 3.05) is 39.3 Å². The van der Waals surface area contributed by atoms with E-state index in [2.05, 4.69) is 15.3 Å². The van der Waals surface area contributed by atoms with Crippen LogP contribution in [0.5, 0.6) is 0 Å². The first-order valence-corrected chi connectivity index (χ1v) is 12.5. The zero-order chi connectivity index (χ0) is 24.6. The molecule has 0 bridgehead atoms. The van der Waals surface area contributed by atoms with E-state index in [0.29, 0.717) is 50.5 Å². The van der Waals surface area contributed by atoms with E-state index >= 15 is 0 Å². The number of aromatic nitrogens is 2. The van der Waals surface area contributed by atoms with E-state index in [1.54, 1.807) is 12.4 Å². The monoisotopic (exact) mass is 491 g/mol. The molecule has 2 saturated heterocycles. The lowest BCUT2D eigenvalue weighted by Crippen LogP contribution is -2.43. The van der Waals surface area contributed by atoms with Crippen LogP contribution in [0.15, 0.2) is 24.5 Å². The molecule has 3 aliphatic rings. The summed E-state index contributed by atoms with van der Waals surface area (Å²) in [7, 11) is 0. The van der Waals surface area contributed by atoms with E-state index < -0.39 is 12.7 Å². The second-order valence-electron chi connectivity index (χ2n) is 10.5. The highest BCUT2D eigenvalue weighted by Gasteiger charge is 2.54. The minimum Gasteiger partial charge on any atom is -0.350 e. The number of hydrogen-bond donors (Lipinski definition) is 2. The summed E-state index contributed by atoms with van der Waals surface area (Å²) in [5.41, 5.74) is 1.64. The molecule has 1 aliphatic carbocycles. The lowest BCUT2D eigenvalue weighted by atomic mass is 9.89. The Morgan fingerprint density at radius 3 is 2.60 bits per heavy atom. The zero-order valence-corrected chi connectivity index (χ0v) is 19.7. The Balaban J connectivity index is 1.02. The summed E-state index contributed by atoms with van der Waals surface area (Å²) in [6, 6.07) is 3.65. The molecule has 4 heterocycles. The van der Waals surface area contributed by atoms with E-state index in [0.717, 1.165) is 43.3 Å². The Kier molecular flexibility index (Phi) is 6.50. The minimum atomic E-state index is -4.16. The molecule has 0 aromatic carbocycles. The van der Waals surface area contributed by atoms with Crippen LogP contribution in [0.1, 0.15) is 49.0 Å². The summed E-state index contributed by atoms with van der Waals surface area (Å²) in [6.07, 6.45) is 3.95. The second kappa shape index (κ2) is 9.44. The highest BCUT2D eigenvalue weighted by molar-refractivity contribution is 5.97. The van der Waals surface area contributed by atoms with Gasteiger partial charge in [-0.15, -0.1) is 0 Å². The first-order valence-electron chi connectivity index (χ1n) is 12.5. The molecule has 10 heteroatoms. The van der Waals surface area contributed by atoms with Crippen molar-refractivity contribution in [3.63, 3.8) is 0 Å². The number of piperidine rings is 2. The summed E-state index contributed by atoms with van der Waals surface area (Å²) in [4.78, 5) is 35.9. The molecule has 35 heavy (non-hydrogen) atoms. The topological polar surface area (TPSA) is 81.3 Å². The molecule has 190 valence electrons. The van der Waals surface area contributed by atoms with E-state index in [-0.39, 0.29) is 23.1 Å². The number of pyridine rings is 1. The Morgan fingerprint density at radius 1 is 1.17 bits per heavy atom. The fourth-order valence-corrected chi connectivity index (χ4v) is 5.92. The van der Waals surface area contributed by atoms with Gasteiger partial charge in [-0.1, -0.05) is 0 Å². The largest absolute Gasteiger partial charge is 0.401 e. The standard InChI is InChI=1S/C25H32F3N5O2/c26-25(27,28)16-32-7-2-17(3-8-32)11-22(34)33-9-4-24(5-10-33)13-19(24)15-30-23(35)21-12-18-14-29-6-1-20(18)31-21/h1,6,12,14,17,19,31H,2-5,7-11,13,15-16H2,(H,30,35). The van der Waals surface area contributed by atoms with Crippen LogP contribution in [0, 0.1) is 17.3 Å². The van der Waals surface area contributed by atoms with Gasteiger partial charge in [0.2, 0.25) is 5.91 Å². The van der Waals surface area contributed by atoms with Gasteiger partial charge in [0.25, 0.3) is 5.91 Å². The number of aromatic amines is 1. The van der Waals surface area contributed by atoms with Crippen LogP contribution in [-0.4, -0.2) is 77.0 Å². The van der Waals surface area contributed by atoms with Crippen LogP contribution in [0.25, 0.3) is 10.9 Å². The summed E-state index contributed by atoms with van der Waals surface area (Å²) in [5, 5.41) is 3.96. The van der Waals surface area contributed by atoms with E-state index in [4.69, 9.17) is 0 Å². The predicted octanol–water partition coefficient (Wildman–Crippen LogP) is 3.59. The van der Waals surface area contributed by atoms with E-state index in [1.807, 2.05) is 17.0 Å². The second-order valence-corrected chi connectivity index (χ2v) is 10.5. The van der Waals surface area contributed by atoms with Gasteiger partial charge in [-0.2, -0.15) is 13.2 Å². The highest BCUT2D eigenvalue weighted by Crippen LogP contribution is 2.59. The van der Waals surface area contributed by atoms with Gasteiger partial charge in [-0.25, -0.2) is 0 Å². The molecular weight excluding hydrogens is 459 g/mol. The number of amides is 2. The van der Waals surface area contributed by atoms with Crippen molar-refractivity contribution in [1.29, 1.82) is 0 Å². The minimum absolute atomic E-state index is 0.114. The Bertz CT molecular complexity index is 1040. The average molecular weight is 492 g/mol. The van der Waals surface area contributed by atoms with Crippen molar-refractivity contribution < 1.29 is 22.8 Å². The Morgan fingerprint density at radius 2 is 1.91 bits per heavy atom. The number of rotatable bonds is 6. The predicted molar refractivity (Wildman–Crippen MR) is 125 cm³/mol. The number of alkyl halides is 3. The third kappa shape index (κ3) is 5.63. The lowest BCUT2D eigenvalue weighted by Gasteiger charge is -2.36. The molecule has 1 atom stereocenters. The quantitative estimate of drug-likeness (QED) is 0.647. The first kappa shape index (κ1) is 24.1. The molecular formula is C25H32F3N5O2. The third-order valence-corrected chi connectivity index (χ3v) is 8.22. The van der Waals surface area contributed by atoms with Gasteiger partial charge in [-0.05, 0) is 74.6 Å². The number of halogens is 3. The number of H-pyrrole nitrogens is 1. The smallest absolute Gasteiger partial charge is 0.350 e. The van der Waals surface area contributed by atoms with Gasteiger partial charge >= 0.3 is 6.18 Å². The molecule has 2 amide bonds. The van der Waals surface area contributed by atoms with Crippen LogP contribution in [-0.2, 0) is 4.79 Å². The molecule has 1 unspecified atom stereocenters. The SMILES string of the molecule is O=C(NCC1CC12CCN(C(=O)CC1CCN(CC(F)(F)F)CC1)CC2)c1cc2cnccc2[nH]1. The first-order chi connectivity index (χ1) is 16.7. The number of carbonyl (C=O) groups is 2. The molecule has 1 saturated carbocycles. The molecule has 3 fully saturated rings. The number of nitrogens with one attached hydrogen (secondary N) is 2. The van der Waals surface area contributed by atoms with Crippen LogP contribution in [0.2, 0.25) is 0 Å². The zero-order valence-electron chi connectivity index (χ0n) is 19.7. The molecule has 7 nitrogen and oxygen atoms in total. The third-order valence-electron chi connectivity index (χ3n) is 8.22. The van der Waals surface area contributed by atoms with Crippen molar-refractivity contribution in [3.8, 4) is 0 Å². The average Bonchev–Trinajstić information content (AvgIpc) is 3.29. The van der Waals surface area contributed by atoms with Crippen molar-refractivity contribution in [2.24, 2.45) is 17.3 Å². The summed E-state index contributed by atoms with van der Waals surface area (Å²) in [6.45, 7) is 2.04. The molecule has 2 N–H and O–H groups in total. The molecule has 2 aromatic rings. The highest BCUT2D eigenvalue weighted by atomic mass is 19.4. The van der Waals surface area contributed by atoms with Gasteiger partial charge in [0.15, 0.2) is 0 Å². The van der Waals surface area contributed by atoms with Crippen LogP contribution in [0.3, 0.4) is 0 Å². The normalized spacial score (nSPS) is 23.1. The van der Waals surface area contributed by atoms with Crippen molar-refractivity contribution in [3.05, 3.63) is 30.2 Å². The molecule has 0 radical (unpaired) electrons. The van der Waals surface area contributed by atoms with Crippen molar-refractivity contribution in [2.45, 2.75) is 44.7 Å². The maximum absolute atomic E-state index is 12.8. The summed E-state index contributed by atoms with van der Waals surface area (Å²) >= 11 is 0. The maximum Gasteiger partial charge on any atom is 0.401 e. The number of carbonyl (C=O) groups excluding carboxylic acids is 2. The Labute approximate surface area is 202 Å². The maximum atomic E-state index is 12.8. The fourth-order valence-electron chi connectivity index (χ4n) is 5.92. The lowest BCUT2D eigenvalue weighted by molar-refractivity contribution is -0.149. The summed E-state index contributed by atoms with van der Waals surface area (Å²) in [5.74, 6) is 0.630. The molecule has 1 spiro atoms. The number of fused-ring (bicyclic) bond motifs is 1. The van der Waals surface area contributed by atoms with Gasteiger partial charge in [0, 0.05) is 49.4 Å². The number of likely N-dealkylation sites (tertiary alicyclic amines) is 2. The Hall–Kier alpha value is -2.62. The van der Waals surface area contributed by atoms with Crippen molar-refractivity contribution >= 4 is 22.7 Å². The molecule has 2 aliphatic heterocycles. The fraction of sp³-hybridized carbons (Fsp3) is 0.640. The number of hydrogen-bond acceptors (Lipinski definition) is 4. The van der Waals surface area contributed by atoms with Gasteiger partial charge in [0.05, 0.1) is 6.54 Å². The van der Waals surface area contributed by atoms with E-state index in [9.17, 15) is 22.8 Å². The summed E-state index contributed by atoms with van der Waals surface area (Å²) < 4.78 is 37.7. The molecule has 5 rings (SSSR count). The van der Waals surface area contributed by atoms with Gasteiger partial charge < -0.3 is 15.2 Å². The molecule has 2 aromatic heterocycles. The van der Waals surface area contributed by atoms with Crippen molar-refractivity contribution in [1.82, 2.24) is 25.1 Å². The van der Waals surface area contributed by atoms with Gasteiger partial charge in [0.1, 0.15) is 5.69 Å². The van der Waals surface area contributed by atoms with E-state index in [1.165, 1.54) is 4.90 Å². The van der Waals surface area contributed by atoms with Crippen LogP contribution >= 0.6 is 0 Å². The van der Waals surface area contributed by atoms with Crippen LogP contribution < -0.4 is 5.32 Å². The van der Waals surface area contributed by atoms with Gasteiger partial charge in [-0.3, -0.25) is 19.5 Å².